The lowest BCUT2D eigenvalue weighted by Gasteiger charge is -2.34. The number of ether oxygens (including phenoxy) is 1. The quantitative estimate of drug-likeness (QED) is 0.539. The Morgan fingerprint density at radius 3 is 2.52 bits per heavy atom. The molecule has 3 heteroatoms. The minimum absolute atomic E-state index is 0.281. The summed E-state index contributed by atoms with van der Waals surface area (Å²) in [6.07, 6.45) is 5.69. The second kappa shape index (κ2) is 9.15. The molecular formula is C28H31NO2. The standard InChI is InChI=1S/C28H31NO2/c30-24-11-15-27-22(19-24)10-14-26(20-5-2-1-3-6-20)28(27)21-8-12-25(13-9-21)31-18-16-23-7-4-17-29-23/h1-3,5-6,8-9,11-13,15,19,23,26,28-30H,4,7,10,14,16-18H2/t23?,26-,28+/m0/s1. The molecule has 1 saturated heterocycles. The van der Waals surface area contributed by atoms with Crippen LogP contribution in [0.1, 0.15) is 59.8 Å². The van der Waals surface area contributed by atoms with Crippen molar-refractivity contribution in [3.8, 4) is 11.5 Å². The topological polar surface area (TPSA) is 41.5 Å². The van der Waals surface area contributed by atoms with Gasteiger partial charge in [-0.25, -0.2) is 0 Å². The van der Waals surface area contributed by atoms with E-state index in [4.69, 9.17) is 4.74 Å². The Balaban J connectivity index is 1.38. The van der Waals surface area contributed by atoms with E-state index >= 15 is 0 Å². The van der Waals surface area contributed by atoms with E-state index < -0.39 is 0 Å². The molecule has 1 fully saturated rings. The summed E-state index contributed by atoms with van der Waals surface area (Å²) >= 11 is 0. The van der Waals surface area contributed by atoms with Crippen molar-refractivity contribution in [2.75, 3.05) is 13.2 Å². The fourth-order valence-corrected chi connectivity index (χ4v) is 5.37. The van der Waals surface area contributed by atoms with Crippen LogP contribution in [-0.4, -0.2) is 24.3 Å². The van der Waals surface area contributed by atoms with Crippen molar-refractivity contribution in [1.82, 2.24) is 5.32 Å². The predicted octanol–water partition coefficient (Wildman–Crippen LogP) is 5.78. The third-order valence-electron chi connectivity index (χ3n) is 6.95. The molecule has 3 aromatic rings. The summed E-state index contributed by atoms with van der Waals surface area (Å²) in [7, 11) is 0. The van der Waals surface area contributed by atoms with Gasteiger partial charge in [0.25, 0.3) is 0 Å². The molecule has 2 N–H and O–H groups in total. The number of aryl methyl sites for hydroxylation is 1. The molecule has 0 bridgehead atoms. The van der Waals surface area contributed by atoms with E-state index in [9.17, 15) is 5.11 Å². The molecule has 0 aromatic heterocycles. The fourth-order valence-electron chi connectivity index (χ4n) is 5.37. The van der Waals surface area contributed by atoms with Crippen LogP contribution in [0, 0.1) is 0 Å². The lowest BCUT2D eigenvalue weighted by atomic mass is 9.69. The van der Waals surface area contributed by atoms with Crippen molar-refractivity contribution < 1.29 is 9.84 Å². The zero-order chi connectivity index (χ0) is 21.0. The van der Waals surface area contributed by atoms with Crippen LogP contribution in [-0.2, 0) is 6.42 Å². The number of fused-ring (bicyclic) bond motifs is 1. The predicted molar refractivity (Wildman–Crippen MR) is 125 cm³/mol. The maximum absolute atomic E-state index is 10.0. The SMILES string of the molecule is Oc1ccc2c(c1)CC[C@@H](c1ccccc1)[C@H]2c1ccc(OCCC2CCCN2)cc1. The van der Waals surface area contributed by atoms with Gasteiger partial charge in [0, 0.05) is 12.0 Å². The molecular weight excluding hydrogens is 382 g/mol. The van der Waals surface area contributed by atoms with Crippen LogP contribution in [0.4, 0.5) is 0 Å². The molecule has 0 spiro atoms. The van der Waals surface area contributed by atoms with Crippen molar-refractivity contribution in [1.29, 1.82) is 0 Å². The first kappa shape index (κ1) is 20.1. The number of benzene rings is 3. The van der Waals surface area contributed by atoms with Crippen molar-refractivity contribution in [2.45, 2.75) is 50.0 Å². The Hall–Kier alpha value is -2.78. The zero-order valence-electron chi connectivity index (χ0n) is 18.0. The van der Waals surface area contributed by atoms with E-state index in [2.05, 4.69) is 66.0 Å². The number of hydrogen-bond acceptors (Lipinski definition) is 3. The minimum Gasteiger partial charge on any atom is -0.508 e. The highest BCUT2D eigenvalue weighted by Crippen LogP contribution is 2.47. The number of rotatable bonds is 6. The van der Waals surface area contributed by atoms with Gasteiger partial charge in [0.15, 0.2) is 0 Å². The molecule has 3 atom stereocenters. The fraction of sp³-hybridized carbons (Fsp3) is 0.357. The lowest BCUT2D eigenvalue weighted by molar-refractivity contribution is 0.292. The van der Waals surface area contributed by atoms with Gasteiger partial charge in [-0.15, -0.1) is 0 Å². The molecule has 3 nitrogen and oxygen atoms in total. The smallest absolute Gasteiger partial charge is 0.119 e. The summed E-state index contributed by atoms with van der Waals surface area (Å²) in [5.41, 5.74) is 5.29. The highest BCUT2D eigenvalue weighted by molar-refractivity contribution is 5.48. The number of phenols is 1. The van der Waals surface area contributed by atoms with E-state index in [0.717, 1.165) is 38.2 Å². The first-order valence-electron chi connectivity index (χ1n) is 11.6. The molecule has 0 saturated carbocycles. The Kier molecular flexibility index (Phi) is 5.95. The number of phenolic OH excluding ortho intramolecular Hbond substituents is 1. The van der Waals surface area contributed by atoms with Gasteiger partial charge in [-0.05, 0) is 91.1 Å². The summed E-state index contributed by atoms with van der Waals surface area (Å²) in [5.74, 6) is 2.01. The van der Waals surface area contributed by atoms with Gasteiger partial charge in [-0.1, -0.05) is 48.5 Å². The van der Waals surface area contributed by atoms with Gasteiger partial charge in [0.2, 0.25) is 0 Å². The van der Waals surface area contributed by atoms with Crippen LogP contribution in [0.5, 0.6) is 11.5 Å². The lowest BCUT2D eigenvalue weighted by Crippen LogP contribution is -2.23. The summed E-state index contributed by atoms with van der Waals surface area (Å²) in [6.45, 7) is 1.90. The van der Waals surface area contributed by atoms with Crippen molar-refractivity contribution >= 4 is 0 Å². The third-order valence-corrected chi connectivity index (χ3v) is 6.95. The van der Waals surface area contributed by atoms with E-state index in [1.165, 1.54) is 35.1 Å². The molecule has 1 aliphatic carbocycles. The maximum Gasteiger partial charge on any atom is 0.119 e. The third kappa shape index (κ3) is 4.47. The minimum atomic E-state index is 0.281. The van der Waals surface area contributed by atoms with Gasteiger partial charge in [-0.3, -0.25) is 0 Å². The number of aromatic hydroxyl groups is 1. The van der Waals surface area contributed by atoms with Crippen molar-refractivity contribution in [3.63, 3.8) is 0 Å². The average Bonchev–Trinajstić information content (AvgIpc) is 3.33. The Morgan fingerprint density at radius 1 is 0.903 bits per heavy atom. The molecule has 1 unspecified atom stereocenters. The van der Waals surface area contributed by atoms with Crippen LogP contribution in [0.2, 0.25) is 0 Å². The number of hydrogen-bond donors (Lipinski definition) is 2. The highest BCUT2D eigenvalue weighted by Gasteiger charge is 2.32. The van der Waals surface area contributed by atoms with Crippen LogP contribution in [0.3, 0.4) is 0 Å². The molecule has 0 radical (unpaired) electrons. The second-order valence-corrected chi connectivity index (χ2v) is 8.92. The Morgan fingerprint density at radius 2 is 1.74 bits per heavy atom. The monoisotopic (exact) mass is 413 g/mol. The summed E-state index contributed by atoms with van der Waals surface area (Å²) in [4.78, 5) is 0. The van der Waals surface area contributed by atoms with Crippen LogP contribution < -0.4 is 10.1 Å². The van der Waals surface area contributed by atoms with E-state index in [1.807, 2.05) is 12.1 Å². The molecule has 1 aliphatic heterocycles. The first-order chi connectivity index (χ1) is 15.3. The van der Waals surface area contributed by atoms with Gasteiger partial charge in [-0.2, -0.15) is 0 Å². The molecule has 5 rings (SSSR count). The average molecular weight is 414 g/mol. The normalized spacial score (nSPS) is 22.8. The second-order valence-electron chi connectivity index (χ2n) is 8.92. The van der Waals surface area contributed by atoms with E-state index in [1.54, 1.807) is 0 Å². The largest absolute Gasteiger partial charge is 0.508 e. The first-order valence-corrected chi connectivity index (χ1v) is 11.6. The van der Waals surface area contributed by atoms with Crippen LogP contribution in [0.15, 0.2) is 72.8 Å². The molecule has 2 aliphatic rings. The molecule has 0 amide bonds. The van der Waals surface area contributed by atoms with E-state index in [0.29, 0.717) is 17.7 Å². The van der Waals surface area contributed by atoms with Gasteiger partial charge >= 0.3 is 0 Å². The summed E-state index contributed by atoms with van der Waals surface area (Å²) < 4.78 is 6.03. The maximum atomic E-state index is 10.0. The highest BCUT2D eigenvalue weighted by atomic mass is 16.5. The zero-order valence-corrected chi connectivity index (χ0v) is 18.0. The van der Waals surface area contributed by atoms with E-state index in [-0.39, 0.29) is 5.92 Å². The van der Waals surface area contributed by atoms with Gasteiger partial charge < -0.3 is 15.2 Å². The van der Waals surface area contributed by atoms with Gasteiger partial charge in [0.1, 0.15) is 11.5 Å². The Labute approximate surface area is 185 Å². The molecule has 160 valence electrons. The summed E-state index contributed by atoms with van der Waals surface area (Å²) in [6, 6.07) is 26.0. The molecule has 3 aromatic carbocycles. The van der Waals surface area contributed by atoms with Crippen LogP contribution in [0.25, 0.3) is 0 Å². The number of nitrogens with one attached hydrogen (secondary N) is 1. The molecule has 1 heterocycles. The summed E-state index contributed by atoms with van der Waals surface area (Å²) in [5, 5.41) is 13.5. The van der Waals surface area contributed by atoms with Gasteiger partial charge in [0.05, 0.1) is 6.61 Å². The van der Waals surface area contributed by atoms with Crippen LogP contribution >= 0.6 is 0 Å². The Bertz CT molecular complexity index is 993. The molecule has 31 heavy (non-hydrogen) atoms. The van der Waals surface area contributed by atoms with Crippen molar-refractivity contribution in [3.05, 3.63) is 95.1 Å². The van der Waals surface area contributed by atoms with Crippen molar-refractivity contribution in [2.24, 2.45) is 0 Å².